The number of thioether (sulfide) groups is 1. The maximum atomic E-state index is 13.0. The van der Waals surface area contributed by atoms with Crippen molar-refractivity contribution >= 4 is 35.2 Å². The van der Waals surface area contributed by atoms with Crippen molar-refractivity contribution in [2.24, 2.45) is 0 Å². The third-order valence-corrected chi connectivity index (χ3v) is 5.62. The minimum Gasteiger partial charge on any atom is -0.352 e. The summed E-state index contributed by atoms with van der Waals surface area (Å²) in [6.07, 6.45) is 0. The highest BCUT2D eigenvalue weighted by Gasteiger charge is 2.26. The second-order valence-corrected chi connectivity index (χ2v) is 8.52. The molecule has 150 valence electrons. The van der Waals surface area contributed by atoms with Crippen LogP contribution in [-0.4, -0.2) is 34.6 Å². The van der Waals surface area contributed by atoms with Crippen LogP contribution in [0.3, 0.4) is 0 Å². The molecular formula is C22H27ClN2O2S. The van der Waals surface area contributed by atoms with Crippen molar-refractivity contribution in [3.05, 3.63) is 64.7 Å². The first-order valence-corrected chi connectivity index (χ1v) is 10.7. The number of carbonyl (C=O) groups excluding carboxylic acids is 2. The summed E-state index contributed by atoms with van der Waals surface area (Å²) in [7, 11) is 0. The highest BCUT2D eigenvalue weighted by molar-refractivity contribution is 8.00. The van der Waals surface area contributed by atoms with Gasteiger partial charge < -0.3 is 10.2 Å². The fourth-order valence-electron chi connectivity index (χ4n) is 2.72. The van der Waals surface area contributed by atoms with Gasteiger partial charge >= 0.3 is 0 Å². The van der Waals surface area contributed by atoms with Gasteiger partial charge in [-0.05, 0) is 63.1 Å². The molecule has 4 nitrogen and oxygen atoms in total. The van der Waals surface area contributed by atoms with E-state index in [1.54, 1.807) is 24.0 Å². The summed E-state index contributed by atoms with van der Waals surface area (Å²) in [6, 6.07) is 14.8. The number of hydrogen-bond acceptors (Lipinski definition) is 3. The van der Waals surface area contributed by atoms with Crippen molar-refractivity contribution in [2.75, 3.05) is 5.75 Å². The van der Waals surface area contributed by atoms with Crippen molar-refractivity contribution in [1.82, 2.24) is 10.2 Å². The molecule has 6 heteroatoms. The van der Waals surface area contributed by atoms with Crippen LogP contribution in [0, 0.1) is 6.92 Å². The molecule has 0 radical (unpaired) electrons. The maximum absolute atomic E-state index is 13.0. The van der Waals surface area contributed by atoms with Gasteiger partial charge in [-0.15, -0.1) is 11.8 Å². The molecule has 0 unspecified atom stereocenters. The van der Waals surface area contributed by atoms with Crippen molar-refractivity contribution < 1.29 is 9.59 Å². The lowest BCUT2D eigenvalue weighted by atomic mass is 10.1. The molecule has 2 rings (SSSR count). The SMILES string of the molecule is Cc1ccccc1CN(C(=O)CSc1ccc(Cl)cc1)[C@H](C)C(=O)NC(C)C. The van der Waals surface area contributed by atoms with Crippen LogP contribution in [0.1, 0.15) is 31.9 Å². The van der Waals surface area contributed by atoms with Gasteiger partial charge in [0.2, 0.25) is 11.8 Å². The van der Waals surface area contributed by atoms with E-state index in [1.807, 2.05) is 57.2 Å². The zero-order valence-electron chi connectivity index (χ0n) is 16.7. The average Bonchev–Trinajstić information content (AvgIpc) is 2.65. The summed E-state index contributed by atoms with van der Waals surface area (Å²) < 4.78 is 0. The molecular weight excluding hydrogens is 392 g/mol. The van der Waals surface area contributed by atoms with Crippen LogP contribution in [0.4, 0.5) is 0 Å². The Morgan fingerprint density at radius 3 is 2.32 bits per heavy atom. The largest absolute Gasteiger partial charge is 0.352 e. The quantitative estimate of drug-likeness (QED) is 0.633. The van der Waals surface area contributed by atoms with Gasteiger partial charge in [0.1, 0.15) is 6.04 Å². The molecule has 0 saturated carbocycles. The van der Waals surface area contributed by atoms with Crippen LogP contribution in [0.15, 0.2) is 53.4 Å². The molecule has 0 fully saturated rings. The number of amides is 2. The zero-order chi connectivity index (χ0) is 20.7. The Kier molecular flexibility index (Phi) is 8.39. The predicted octanol–water partition coefficient (Wildman–Crippen LogP) is 4.68. The van der Waals surface area contributed by atoms with Gasteiger partial charge in [-0.25, -0.2) is 0 Å². The first-order valence-electron chi connectivity index (χ1n) is 9.30. The number of nitrogens with zero attached hydrogens (tertiary/aromatic N) is 1. The van der Waals surface area contributed by atoms with Gasteiger partial charge in [-0.1, -0.05) is 35.9 Å². The van der Waals surface area contributed by atoms with Gasteiger partial charge in [-0.3, -0.25) is 9.59 Å². The molecule has 0 heterocycles. The van der Waals surface area contributed by atoms with Crippen molar-refractivity contribution in [1.29, 1.82) is 0 Å². The Morgan fingerprint density at radius 1 is 1.07 bits per heavy atom. The molecule has 0 aliphatic rings. The van der Waals surface area contributed by atoms with E-state index in [1.165, 1.54) is 11.8 Å². The molecule has 2 aromatic carbocycles. The van der Waals surface area contributed by atoms with Crippen molar-refractivity contribution in [3.63, 3.8) is 0 Å². The smallest absolute Gasteiger partial charge is 0.242 e. The van der Waals surface area contributed by atoms with Gasteiger partial charge in [0, 0.05) is 22.5 Å². The number of hydrogen-bond donors (Lipinski definition) is 1. The number of rotatable bonds is 8. The van der Waals surface area contributed by atoms with Gasteiger partial charge in [-0.2, -0.15) is 0 Å². The van der Waals surface area contributed by atoms with Crippen LogP contribution >= 0.6 is 23.4 Å². The maximum Gasteiger partial charge on any atom is 0.242 e. The summed E-state index contributed by atoms with van der Waals surface area (Å²) in [5.41, 5.74) is 2.14. The number of carbonyl (C=O) groups is 2. The lowest BCUT2D eigenvalue weighted by molar-refractivity contribution is -0.138. The lowest BCUT2D eigenvalue weighted by Gasteiger charge is -2.29. The minimum atomic E-state index is -0.555. The van der Waals surface area contributed by atoms with E-state index < -0.39 is 6.04 Å². The van der Waals surface area contributed by atoms with Crippen LogP contribution in [0.5, 0.6) is 0 Å². The lowest BCUT2D eigenvalue weighted by Crippen LogP contribution is -2.49. The molecule has 2 amide bonds. The number of nitrogens with one attached hydrogen (secondary N) is 1. The topological polar surface area (TPSA) is 49.4 Å². The van der Waals surface area contributed by atoms with E-state index in [4.69, 9.17) is 11.6 Å². The molecule has 0 bridgehead atoms. The van der Waals surface area contributed by atoms with Gasteiger partial charge in [0.25, 0.3) is 0 Å². The number of benzene rings is 2. The van der Waals surface area contributed by atoms with Gasteiger partial charge in [0.05, 0.1) is 5.75 Å². The van der Waals surface area contributed by atoms with Crippen molar-refractivity contribution in [2.45, 2.75) is 51.2 Å². The molecule has 0 aliphatic heterocycles. The summed E-state index contributed by atoms with van der Waals surface area (Å²) in [5.74, 6) is 0.0373. The molecule has 0 aliphatic carbocycles. The van der Waals surface area contributed by atoms with E-state index in [9.17, 15) is 9.59 Å². The minimum absolute atomic E-state index is 0.0220. The Hall–Kier alpha value is -1.98. The third-order valence-electron chi connectivity index (χ3n) is 4.38. The highest BCUT2D eigenvalue weighted by Crippen LogP contribution is 2.22. The number of halogens is 1. The van der Waals surface area contributed by atoms with Crippen LogP contribution in [0.25, 0.3) is 0 Å². The second kappa shape index (κ2) is 10.5. The summed E-state index contributed by atoms with van der Waals surface area (Å²) >= 11 is 7.36. The number of aryl methyl sites for hydroxylation is 1. The fourth-order valence-corrected chi connectivity index (χ4v) is 3.63. The standard InChI is InChI=1S/C22H27ClN2O2S/c1-15(2)24-22(27)17(4)25(13-18-8-6-5-7-16(18)3)21(26)14-28-20-11-9-19(23)10-12-20/h5-12,15,17H,13-14H2,1-4H3,(H,24,27)/t17-/m1/s1. The van der Waals surface area contributed by atoms with E-state index in [0.29, 0.717) is 11.6 Å². The van der Waals surface area contributed by atoms with Crippen LogP contribution < -0.4 is 5.32 Å². The first-order chi connectivity index (χ1) is 13.3. The summed E-state index contributed by atoms with van der Waals surface area (Å²) in [5, 5.41) is 3.57. The van der Waals surface area contributed by atoms with E-state index in [-0.39, 0.29) is 23.6 Å². The second-order valence-electron chi connectivity index (χ2n) is 7.03. The Morgan fingerprint density at radius 2 is 1.71 bits per heavy atom. The average molecular weight is 419 g/mol. The molecule has 1 N–H and O–H groups in total. The van der Waals surface area contributed by atoms with Gasteiger partial charge in [0.15, 0.2) is 0 Å². The third kappa shape index (κ3) is 6.57. The summed E-state index contributed by atoms with van der Waals surface area (Å²) in [6.45, 7) is 8.02. The van der Waals surface area contributed by atoms with E-state index >= 15 is 0 Å². The van der Waals surface area contributed by atoms with Crippen LogP contribution in [0.2, 0.25) is 5.02 Å². The normalized spacial score (nSPS) is 11.9. The molecule has 0 saturated heterocycles. The molecule has 2 aromatic rings. The highest BCUT2D eigenvalue weighted by atomic mass is 35.5. The molecule has 28 heavy (non-hydrogen) atoms. The Labute approximate surface area is 176 Å². The fraction of sp³-hybridized carbons (Fsp3) is 0.364. The Bertz CT molecular complexity index is 808. The van der Waals surface area contributed by atoms with Crippen molar-refractivity contribution in [3.8, 4) is 0 Å². The zero-order valence-corrected chi connectivity index (χ0v) is 18.3. The molecule has 0 spiro atoms. The molecule has 0 aromatic heterocycles. The first kappa shape index (κ1) is 22.3. The van der Waals surface area contributed by atoms with Crippen LogP contribution in [-0.2, 0) is 16.1 Å². The predicted molar refractivity (Wildman–Crippen MR) is 117 cm³/mol. The summed E-state index contributed by atoms with van der Waals surface area (Å²) in [4.78, 5) is 28.2. The van der Waals surface area contributed by atoms with E-state index in [0.717, 1.165) is 16.0 Å². The molecule has 1 atom stereocenters. The van der Waals surface area contributed by atoms with E-state index in [2.05, 4.69) is 5.32 Å². The monoisotopic (exact) mass is 418 g/mol. The Balaban J connectivity index is 2.15.